The van der Waals surface area contributed by atoms with E-state index in [4.69, 9.17) is 4.99 Å². The van der Waals surface area contributed by atoms with Crippen LogP contribution in [0.2, 0.25) is 0 Å². The Morgan fingerprint density at radius 1 is 0.829 bits per heavy atom. The van der Waals surface area contributed by atoms with Crippen LogP contribution in [0.5, 0.6) is 0 Å². The van der Waals surface area contributed by atoms with E-state index in [-0.39, 0.29) is 12.3 Å². The molecule has 5 rings (SSSR count). The van der Waals surface area contributed by atoms with E-state index in [1.54, 1.807) is 40.9 Å². The summed E-state index contributed by atoms with van der Waals surface area (Å²) in [4.78, 5) is 48.2. The number of carbonyl (C=O) groups is 3. The molecule has 35 heavy (non-hydrogen) atoms. The van der Waals surface area contributed by atoms with Crippen LogP contribution in [0.25, 0.3) is 0 Å². The molecule has 0 spiro atoms. The van der Waals surface area contributed by atoms with Gasteiger partial charge in [-0.3, -0.25) is 29.2 Å². The number of carbonyl (C=O) groups excluding carboxylic acids is 3. The number of rotatable bonds is 6. The lowest BCUT2D eigenvalue weighted by atomic mass is 10.0. The normalized spacial score (nSPS) is 17.5. The highest BCUT2D eigenvalue weighted by Crippen LogP contribution is 2.28. The van der Waals surface area contributed by atoms with Gasteiger partial charge in [0, 0.05) is 18.7 Å². The Kier molecular flexibility index (Phi) is 6.77. The van der Waals surface area contributed by atoms with Crippen molar-refractivity contribution in [2.75, 3.05) is 12.3 Å². The van der Waals surface area contributed by atoms with Crippen LogP contribution in [-0.2, 0) is 17.8 Å². The average Bonchev–Trinajstić information content (AvgIpc) is 3.17. The number of hydrogen-bond acceptors (Lipinski definition) is 5. The van der Waals surface area contributed by atoms with Gasteiger partial charge in [-0.1, -0.05) is 84.6 Å². The highest BCUT2D eigenvalue weighted by atomic mass is 32.2. The van der Waals surface area contributed by atoms with Crippen molar-refractivity contribution >= 4 is 34.7 Å². The minimum atomic E-state index is -0.953. The Morgan fingerprint density at radius 2 is 1.40 bits per heavy atom. The molecule has 2 aliphatic heterocycles. The van der Waals surface area contributed by atoms with Crippen LogP contribution in [0.3, 0.4) is 0 Å². The maximum atomic E-state index is 14.0. The van der Waals surface area contributed by atoms with E-state index in [0.717, 1.165) is 28.2 Å². The summed E-state index contributed by atoms with van der Waals surface area (Å²) in [5.41, 5.74) is 2.62. The summed E-state index contributed by atoms with van der Waals surface area (Å²) < 4.78 is 0. The van der Waals surface area contributed by atoms with Gasteiger partial charge in [-0.2, -0.15) is 0 Å². The fourth-order valence-electron chi connectivity index (χ4n) is 4.43. The third-order valence-corrected chi connectivity index (χ3v) is 7.29. The van der Waals surface area contributed by atoms with Crippen LogP contribution in [0.15, 0.2) is 89.9 Å². The molecule has 0 aromatic heterocycles. The van der Waals surface area contributed by atoms with Gasteiger partial charge >= 0.3 is 0 Å². The van der Waals surface area contributed by atoms with Crippen molar-refractivity contribution in [2.24, 2.45) is 4.99 Å². The average molecular weight is 484 g/mol. The summed E-state index contributed by atoms with van der Waals surface area (Å²) in [6, 6.07) is 25.2. The molecule has 1 saturated heterocycles. The fraction of sp³-hybridized carbons (Fsp3) is 0.214. The summed E-state index contributed by atoms with van der Waals surface area (Å²) in [5, 5.41) is 0.639. The third-order valence-electron chi connectivity index (χ3n) is 6.19. The van der Waals surface area contributed by atoms with Crippen molar-refractivity contribution in [1.29, 1.82) is 0 Å². The minimum Gasteiger partial charge on any atom is -0.290 e. The predicted octanol–water partition coefficient (Wildman–Crippen LogP) is 4.42. The lowest BCUT2D eigenvalue weighted by Crippen LogP contribution is -2.54. The zero-order valence-corrected chi connectivity index (χ0v) is 20.0. The first-order valence-electron chi connectivity index (χ1n) is 11.7. The summed E-state index contributed by atoms with van der Waals surface area (Å²) in [5.74, 6) is -0.254. The van der Waals surface area contributed by atoms with E-state index in [2.05, 4.69) is 0 Å². The third kappa shape index (κ3) is 4.77. The second-order valence-electron chi connectivity index (χ2n) is 8.51. The molecule has 0 N–H and O–H groups in total. The number of amides is 3. The second kappa shape index (κ2) is 10.3. The smallest absolute Gasteiger partial charge is 0.262 e. The number of benzene rings is 3. The molecule has 0 bridgehead atoms. The van der Waals surface area contributed by atoms with Crippen LogP contribution in [0.4, 0.5) is 0 Å². The Morgan fingerprint density at radius 3 is 2.03 bits per heavy atom. The molecule has 3 amide bonds. The van der Waals surface area contributed by atoms with Gasteiger partial charge in [0.2, 0.25) is 0 Å². The summed E-state index contributed by atoms with van der Waals surface area (Å²) in [7, 11) is 0. The van der Waals surface area contributed by atoms with E-state index in [1.807, 2.05) is 60.7 Å². The lowest BCUT2D eigenvalue weighted by molar-refractivity contribution is -0.131. The zero-order chi connectivity index (χ0) is 24.2. The molecule has 3 aromatic carbocycles. The Bertz CT molecular complexity index is 1240. The van der Waals surface area contributed by atoms with Crippen LogP contribution in [0, 0.1) is 0 Å². The summed E-state index contributed by atoms with van der Waals surface area (Å²) >= 11 is 1.54. The molecule has 0 aliphatic carbocycles. The summed E-state index contributed by atoms with van der Waals surface area (Å²) in [6.45, 7) is 0.969. The van der Waals surface area contributed by atoms with E-state index in [0.29, 0.717) is 29.4 Å². The molecule has 1 unspecified atom stereocenters. The number of nitrogens with zero attached hydrogens (tertiary/aromatic N) is 3. The lowest BCUT2D eigenvalue weighted by Gasteiger charge is -2.34. The van der Waals surface area contributed by atoms with Gasteiger partial charge in [-0.15, -0.1) is 0 Å². The number of thioether (sulfide) groups is 1. The topological polar surface area (TPSA) is 70.1 Å². The Labute approximate surface area is 208 Å². The maximum absolute atomic E-state index is 14.0. The zero-order valence-electron chi connectivity index (χ0n) is 19.2. The molecule has 0 saturated carbocycles. The Hall–Kier alpha value is -3.71. The number of hydrogen-bond donors (Lipinski definition) is 0. The Balaban J connectivity index is 1.48. The van der Waals surface area contributed by atoms with Gasteiger partial charge in [0.15, 0.2) is 5.17 Å². The number of amidine groups is 1. The number of imide groups is 1. The molecule has 2 heterocycles. The van der Waals surface area contributed by atoms with Gasteiger partial charge in [-0.05, 0) is 29.7 Å². The fourth-order valence-corrected chi connectivity index (χ4v) is 5.38. The van der Waals surface area contributed by atoms with Crippen LogP contribution in [-0.4, -0.2) is 51.0 Å². The molecule has 0 radical (unpaired) electrons. The first kappa shape index (κ1) is 23.1. The second-order valence-corrected chi connectivity index (χ2v) is 9.57. The van der Waals surface area contributed by atoms with Crippen LogP contribution < -0.4 is 0 Å². The van der Waals surface area contributed by atoms with Gasteiger partial charge in [0.25, 0.3) is 17.7 Å². The molecular formula is C28H25N3O3S. The molecule has 7 heteroatoms. The standard InChI is InChI=1S/C28H25N3O3S/c32-25-22-14-7-8-15-23(22)26(33)31(25)24(18-20-10-3-1-4-11-20)27(34)30-16-9-17-35-28(30)29-19-21-12-5-2-6-13-21/h1-8,10-15,24H,9,16-19H2. The van der Waals surface area contributed by atoms with Crippen molar-refractivity contribution in [1.82, 2.24) is 9.80 Å². The van der Waals surface area contributed by atoms with Gasteiger partial charge < -0.3 is 0 Å². The van der Waals surface area contributed by atoms with E-state index < -0.39 is 17.9 Å². The van der Waals surface area contributed by atoms with Crippen molar-refractivity contribution in [3.8, 4) is 0 Å². The molecular weight excluding hydrogens is 458 g/mol. The van der Waals surface area contributed by atoms with Gasteiger partial charge in [0.05, 0.1) is 17.7 Å². The van der Waals surface area contributed by atoms with Gasteiger partial charge in [-0.25, -0.2) is 0 Å². The molecule has 1 atom stereocenters. The van der Waals surface area contributed by atoms with Crippen molar-refractivity contribution in [2.45, 2.75) is 25.4 Å². The number of fused-ring (bicyclic) bond motifs is 1. The van der Waals surface area contributed by atoms with Gasteiger partial charge in [0.1, 0.15) is 6.04 Å². The van der Waals surface area contributed by atoms with E-state index in [1.165, 1.54) is 0 Å². The molecule has 1 fully saturated rings. The predicted molar refractivity (Wildman–Crippen MR) is 137 cm³/mol. The van der Waals surface area contributed by atoms with Crippen LogP contribution in [0.1, 0.15) is 38.3 Å². The number of aliphatic imine (C=N–C) groups is 1. The van der Waals surface area contributed by atoms with E-state index in [9.17, 15) is 14.4 Å². The van der Waals surface area contributed by atoms with Crippen LogP contribution >= 0.6 is 11.8 Å². The van der Waals surface area contributed by atoms with Crippen molar-refractivity contribution in [3.63, 3.8) is 0 Å². The highest BCUT2D eigenvalue weighted by Gasteiger charge is 2.44. The summed E-state index contributed by atoms with van der Waals surface area (Å²) in [6.07, 6.45) is 1.07. The minimum absolute atomic E-state index is 0.248. The molecule has 6 nitrogen and oxygen atoms in total. The van der Waals surface area contributed by atoms with Crippen molar-refractivity contribution in [3.05, 3.63) is 107 Å². The molecule has 2 aliphatic rings. The molecule has 3 aromatic rings. The SMILES string of the molecule is O=C(C(Cc1ccccc1)N1C(=O)c2ccccc2C1=O)N1CCCSC1=NCc1ccccc1. The van der Waals surface area contributed by atoms with E-state index >= 15 is 0 Å². The largest absolute Gasteiger partial charge is 0.290 e. The monoisotopic (exact) mass is 483 g/mol. The quantitative estimate of drug-likeness (QED) is 0.487. The molecule has 176 valence electrons. The first-order chi connectivity index (χ1) is 17.1. The maximum Gasteiger partial charge on any atom is 0.262 e. The highest BCUT2D eigenvalue weighted by molar-refractivity contribution is 8.13. The first-order valence-corrected chi connectivity index (χ1v) is 12.7. The van der Waals surface area contributed by atoms with Crippen molar-refractivity contribution < 1.29 is 14.4 Å².